The van der Waals surface area contributed by atoms with Gasteiger partial charge >= 0.3 is 0 Å². The molecule has 0 N–H and O–H groups in total. The Bertz CT molecular complexity index is 1030. The molecular weight excluding hydrogens is 378 g/mol. The fourth-order valence-corrected chi connectivity index (χ4v) is 5.22. The average Bonchev–Trinajstić information content (AvgIpc) is 3.45. The second-order valence-corrected chi connectivity index (χ2v) is 8.55. The number of rotatable bonds is 5. The lowest BCUT2D eigenvalue weighted by atomic mass is 9.97. The summed E-state index contributed by atoms with van der Waals surface area (Å²) in [6, 6.07) is 11.6. The van der Waals surface area contributed by atoms with Gasteiger partial charge in [0.05, 0.1) is 19.9 Å². The van der Waals surface area contributed by atoms with E-state index in [0.717, 1.165) is 46.4 Å². The molecule has 1 heterocycles. The number of hydrogen-bond donors (Lipinski definition) is 0. The van der Waals surface area contributed by atoms with Crippen LogP contribution in [0.25, 0.3) is 11.6 Å². The van der Waals surface area contributed by atoms with Crippen LogP contribution in [0, 0.1) is 11.8 Å². The summed E-state index contributed by atoms with van der Waals surface area (Å²) in [4.78, 5) is 14.6. The Kier molecular flexibility index (Phi) is 4.69. The standard InChI is InChI=1S/C25H27NO4/c1-26-21-14-18(28-2)7-8-19(21)20(25(26)27)11-16-5-9-22(29-3)24(13-16)30-23-12-15-4-6-17(23)10-15/h5,7-9,11,13-15,17,23H,4,6,10,12H2,1-3H3/b20-11-/t15-,17+,23+/m1/s1. The quantitative estimate of drug-likeness (QED) is 0.671. The molecule has 1 aliphatic heterocycles. The number of carbonyl (C=O) groups is 1. The third-order valence-electron chi connectivity index (χ3n) is 6.84. The maximum Gasteiger partial charge on any atom is 0.258 e. The number of anilines is 1. The predicted octanol–water partition coefficient (Wildman–Crippen LogP) is 4.79. The minimum Gasteiger partial charge on any atom is -0.497 e. The number of benzene rings is 2. The van der Waals surface area contributed by atoms with Crippen molar-refractivity contribution in [2.75, 3.05) is 26.2 Å². The van der Waals surface area contributed by atoms with E-state index >= 15 is 0 Å². The lowest BCUT2D eigenvalue weighted by Crippen LogP contribution is -2.23. The van der Waals surface area contributed by atoms with Gasteiger partial charge in [0.15, 0.2) is 11.5 Å². The highest BCUT2D eigenvalue weighted by atomic mass is 16.5. The van der Waals surface area contributed by atoms with Crippen LogP contribution in [-0.4, -0.2) is 33.3 Å². The summed E-state index contributed by atoms with van der Waals surface area (Å²) in [5.74, 6) is 3.69. The van der Waals surface area contributed by atoms with Crippen LogP contribution in [-0.2, 0) is 4.79 Å². The van der Waals surface area contributed by atoms with Crippen molar-refractivity contribution >= 4 is 23.2 Å². The van der Waals surface area contributed by atoms with Crippen molar-refractivity contribution in [2.45, 2.75) is 31.8 Å². The predicted molar refractivity (Wildman–Crippen MR) is 117 cm³/mol. The van der Waals surface area contributed by atoms with Gasteiger partial charge < -0.3 is 19.1 Å². The molecule has 0 saturated heterocycles. The van der Waals surface area contributed by atoms with Gasteiger partial charge in [-0.2, -0.15) is 0 Å². The molecule has 3 aliphatic rings. The van der Waals surface area contributed by atoms with Crippen LogP contribution >= 0.6 is 0 Å². The Morgan fingerprint density at radius 1 is 1.00 bits per heavy atom. The molecule has 2 aliphatic carbocycles. The van der Waals surface area contributed by atoms with Crippen LogP contribution < -0.4 is 19.1 Å². The molecule has 2 saturated carbocycles. The van der Waals surface area contributed by atoms with Crippen molar-refractivity contribution in [3.63, 3.8) is 0 Å². The first kappa shape index (κ1) is 19.0. The normalized spacial score (nSPS) is 25.7. The fraction of sp³-hybridized carbons (Fsp3) is 0.400. The summed E-state index contributed by atoms with van der Waals surface area (Å²) in [7, 11) is 5.09. The van der Waals surface area contributed by atoms with E-state index < -0.39 is 0 Å². The molecule has 5 nitrogen and oxygen atoms in total. The van der Waals surface area contributed by atoms with E-state index in [9.17, 15) is 4.79 Å². The van der Waals surface area contributed by atoms with Crippen LogP contribution in [0.2, 0.25) is 0 Å². The van der Waals surface area contributed by atoms with Crippen LogP contribution in [0.5, 0.6) is 17.2 Å². The van der Waals surface area contributed by atoms with E-state index in [1.807, 2.05) is 42.5 Å². The molecule has 2 aromatic carbocycles. The van der Waals surface area contributed by atoms with E-state index in [0.29, 0.717) is 11.5 Å². The largest absolute Gasteiger partial charge is 0.497 e. The molecule has 2 bridgehead atoms. The topological polar surface area (TPSA) is 48.0 Å². The Hall–Kier alpha value is -2.95. The summed E-state index contributed by atoms with van der Waals surface area (Å²) >= 11 is 0. The van der Waals surface area contributed by atoms with Crippen LogP contribution in [0.1, 0.15) is 36.8 Å². The smallest absolute Gasteiger partial charge is 0.258 e. The third-order valence-corrected chi connectivity index (χ3v) is 6.84. The number of carbonyl (C=O) groups excluding carboxylic acids is 1. The second kappa shape index (κ2) is 7.38. The van der Waals surface area contributed by atoms with Gasteiger partial charge in [-0.15, -0.1) is 0 Å². The maximum absolute atomic E-state index is 12.9. The lowest BCUT2D eigenvalue weighted by Gasteiger charge is -2.24. The number of ether oxygens (including phenoxy) is 3. The van der Waals surface area contributed by atoms with Gasteiger partial charge in [-0.1, -0.05) is 6.07 Å². The summed E-state index contributed by atoms with van der Waals surface area (Å²) in [5.41, 5.74) is 3.37. The SMILES string of the molecule is COc1ccc2c(c1)N(C)C(=O)/C2=C\c1ccc(OC)c(O[C@H]2C[C@@H]3CC[C@H]2C3)c1. The monoisotopic (exact) mass is 405 g/mol. The Morgan fingerprint density at radius 3 is 2.57 bits per heavy atom. The van der Waals surface area contributed by atoms with Gasteiger partial charge in [-0.25, -0.2) is 0 Å². The summed E-state index contributed by atoms with van der Waals surface area (Å²) in [6.45, 7) is 0. The van der Waals surface area contributed by atoms with Crippen molar-refractivity contribution in [3.8, 4) is 17.2 Å². The van der Waals surface area contributed by atoms with E-state index in [4.69, 9.17) is 14.2 Å². The van der Waals surface area contributed by atoms with Crippen molar-refractivity contribution in [3.05, 3.63) is 47.5 Å². The van der Waals surface area contributed by atoms with E-state index in [2.05, 4.69) is 0 Å². The first-order chi connectivity index (χ1) is 14.6. The fourth-order valence-electron chi connectivity index (χ4n) is 5.22. The summed E-state index contributed by atoms with van der Waals surface area (Å²) < 4.78 is 17.3. The molecule has 2 fully saturated rings. The van der Waals surface area contributed by atoms with E-state index in [1.165, 1.54) is 19.3 Å². The maximum atomic E-state index is 12.9. The highest BCUT2D eigenvalue weighted by Gasteiger charge is 2.41. The molecule has 5 heteroatoms. The number of likely N-dealkylation sites (N-methyl/N-ethyl adjacent to an activating group) is 1. The second-order valence-electron chi connectivity index (χ2n) is 8.55. The number of amides is 1. The van der Waals surface area contributed by atoms with Gasteiger partial charge in [0.1, 0.15) is 11.9 Å². The van der Waals surface area contributed by atoms with Gasteiger partial charge in [-0.05, 0) is 73.4 Å². The first-order valence-corrected chi connectivity index (χ1v) is 10.6. The number of nitrogens with zero attached hydrogens (tertiary/aromatic N) is 1. The molecule has 0 unspecified atom stereocenters. The molecule has 1 amide bonds. The molecule has 3 atom stereocenters. The highest BCUT2D eigenvalue weighted by molar-refractivity contribution is 6.35. The van der Waals surface area contributed by atoms with Crippen LogP contribution in [0.4, 0.5) is 5.69 Å². The number of fused-ring (bicyclic) bond motifs is 3. The summed E-state index contributed by atoms with van der Waals surface area (Å²) in [6.07, 6.45) is 7.24. The van der Waals surface area contributed by atoms with Crippen molar-refractivity contribution < 1.29 is 19.0 Å². The lowest BCUT2D eigenvalue weighted by molar-refractivity contribution is -0.112. The van der Waals surface area contributed by atoms with Crippen molar-refractivity contribution in [1.82, 2.24) is 0 Å². The Morgan fingerprint density at radius 2 is 1.87 bits per heavy atom. The van der Waals surface area contributed by atoms with Gasteiger partial charge in [0, 0.05) is 24.3 Å². The van der Waals surface area contributed by atoms with Crippen LogP contribution in [0.3, 0.4) is 0 Å². The highest BCUT2D eigenvalue weighted by Crippen LogP contribution is 2.47. The average molecular weight is 405 g/mol. The van der Waals surface area contributed by atoms with Crippen LogP contribution in [0.15, 0.2) is 36.4 Å². The molecule has 2 aromatic rings. The molecule has 0 spiro atoms. The number of hydrogen-bond acceptors (Lipinski definition) is 4. The minimum atomic E-state index is -0.0235. The molecule has 0 aromatic heterocycles. The summed E-state index contributed by atoms with van der Waals surface area (Å²) in [5, 5.41) is 0. The zero-order valence-corrected chi connectivity index (χ0v) is 17.7. The zero-order chi connectivity index (χ0) is 20.8. The van der Waals surface area contributed by atoms with Crippen molar-refractivity contribution in [1.29, 1.82) is 0 Å². The number of methoxy groups -OCH3 is 2. The third kappa shape index (κ3) is 3.13. The van der Waals surface area contributed by atoms with Gasteiger partial charge in [0.25, 0.3) is 5.91 Å². The van der Waals surface area contributed by atoms with Gasteiger partial charge in [-0.3, -0.25) is 4.79 Å². The molecular formula is C25H27NO4. The zero-order valence-electron chi connectivity index (χ0n) is 17.7. The Balaban J connectivity index is 1.47. The Labute approximate surface area is 177 Å². The van der Waals surface area contributed by atoms with E-state index in [-0.39, 0.29) is 12.0 Å². The molecule has 156 valence electrons. The van der Waals surface area contributed by atoms with Crippen molar-refractivity contribution in [2.24, 2.45) is 11.8 Å². The minimum absolute atomic E-state index is 0.0235. The first-order valence-electron chi connectivity index (χ1n) is 10.6. The molecule has 0 radical (unpaired) electrons. The molecule has 30 heavy (non-hydrogen) atoms. The van der Waals surface area contributed by atoms with E-state index in [1.54, 1.807) is 26.2 Å². The molecule has 5 rings (SSSR count). The van der Waals surface area contributed by atoms with Gasteiger partial charge in [0.2, 0.25) is 0 Å².